The quantitative estimate of drug-likeness (QED) is 0.637. The second-order valence-corrected chi connectivity index (χ2v) is 5.55. The van der Waals surface area contributed by atoms with Crippen LogP contribution < -0.4 is 0 Å². The Balaban J connectivity index is 1.82. The molecule has 2 aromatic carbocycles. The molecule has 0 saturated heterocycles. The van der Waals surface area contributed by atoms with E-state index in [1.807, 2.05) is 30.3 Å². The second kappa shape index (κ2) is 6.84. The molecule has 6 heteroatoms. The lowest BCUT2D eigenvalue weighted by atomic mass is 10.1. The van der Waals surface area contributed by atoms with E-state index < -0.39 is 11.8 Å². The van der Waals surface area contributed by atoms with Gasteiger partial charge < -0.3 is 9.26 Å². The third-order valence-electron chi connectivity index (χ3n) is 3.49. The van der Waals surface area contributed by atoms with Gasteiger partial charge in [-0.2, -0.15) is 0 Å². The molecule has 0 bridgehead atoms. The number of esters is 1. The minimum absolute atomic E-state index is 0.0726. The molecule has 0 atom stereocenters. The van der Waals surface area contributed by atoms with Crippen molar-refractivity contribution >= 4 is 17.6 Å². The zero-order valence-electron chi connectivity index (χ0n) is 12.8. The number of hydrogen-bond donors (Lipinski definition) is 0. The summed E-state index contributed by atoms with van der Waals surface area (Å²) in [6, 6.07) is 13.1. The van der Waals surface area contributed by atoms with E-state index in [0.717, 1.165) is 5.56 Å². The topological polar surface area (TPSA) is 52.3 Å². The van der Waals surface area contributed by atoms with Crippen LogP contribution in [0, 0.1) is 12.7 Å². The Bertz CT molecular complexity index is 877. The van der Waals surface area contributed by atoms with Gasteiger partial charge in [-0.1, -0.05) is 53.2 Å². The number of ether oxygens (including phenoxy) is 1. The molecule has 0 unspecified atom stereocenters. The lowest BCUT2D eigenvalue weighted by molar-refractivity contribution is 0.0471. The highest BCUT2D eigenvalue weighted by Crippen LogP contribution is 2.26. The van der Waals surface area contributed by atoms with Crippen LogP contribution in [0.25, 0.3) is 11.3 Å². The molecule has 122 valence electrons. The fourth-order valence-corrected chi connectivity index (χ4v) is 2.48. The fourth-order valence-electron chi connectivity index (χ4n) is 2.26. The molecule has 0 saturated carbocycles. The van der Waals surface area contributed by atoms with Crippen molar-refractivity contribution in [2.75, 3.05) is 0 Å². The monoisotopic (exact) mass is 345 g/mol. The van der Waals surface area contributed by atoms with Crippen molar-refractivity contribution in [2.24, 2.45) is 0 Å². The van der Waals surface area contributed by atoms with E-state index in [9.17, 15) is 9.18 Å². The number of rotatable bonds is 4. The smallest absolute Gasteiger partial charge is 0.344 e. The van der Waals surface area contributed by atoms with Crippen LogP contribution in [0.1, 0.15) is 21.7 Å². The maximum atomic E-state index is 13.1. The Morgan fingerprint density at radius 1 is 1.25 bits per heavy atom. The molecule has 24 heavy (non-hydrogen) atoms. The zero-order valence-corrected chi connectivity index (χ0v) is 13.5. The van der Waals surface area contributed by atoms with Gasteiger partial charge in [0.15, 0.2) is 0 Å². The van der Waals surface area contributed by atoms with Crippen LogP contribution >= 0.6 is 11.6 Å². The molecular formula is C18H13ClFNO3. The van der Waals surface area contributed by atoms with Crippen LogP contribution in [0.15, 0.2) is 53.1 Å². The molecule has 4 nitrogen and oxygen atoms in total. The third kappa shape index (κ3) is 3.31. The molecule has 0 aliphatic heterocycles. The van der Waals surface area contributed by atoms with E-state index >= 15 is 0 Å². The lowest BCUT2D eigenvalue weighted by Crippen LogP contribution is -2.07. The minimum Gasteiger partial charge on any atom is -0.457 e. The van der Waals surface area contributed by atoms with E-state index in [0.29, 0.717) is 17.0 Å². The standard InChI is InChI=1S/C18H13ClFNO3/c1-11-16(17(21-24-11)12-5-3-2-4-6-12)18(22)23-10-13-7-8-14(20)9-15(13)19/h2-9H,10H2,1H3. The van der Waals surface area contributed by atoms with Gasteiger partial charge in [0.05, 0.1) is 5.02 Å². The minimum atomic E-state index is -0.576. The number of aryl methyl sites for hydroxylation is 1. The first kappa shape index (κ1) is 16.2. The van der Waals surface area contributed by atoms with E-state index in [4.69, 9.17) is 20.9 Å². The van der Waals surface area contributed by atoms with Gasteiger partial charge in [0.2, 0.25) is 0 Å². The van der Waals surface area contributed by atoms with Gasteiger partial charge in [0.1, 0.15) is 29.4 Å². The fraction of sp³-hybridized carbons (Fsp3) is 0.111. The number of benzene rings is 2. The number of aromatic nitrogens is 1. The maximum Gasteiger partial charge on any atom is 0.344 e. The summed E-state index contributed by atoms with van der Waals surface area (Å²) >= 11 is 5.93. The predicted molar refractivity (Wildman–Crippen MR) is 87.2 cm³/mol. The van der Waals surface area contributed by atoms with Crippen LogP contribution in [0.2, 0.25) is 5.02 Å². The van der Waals surface area contributed by atoms with Crippen molar-refractivity contribution in [3.05, 3.63) is 76.3 Å². The molecule has 0 radical (unpaired) electrons. The molecule has 0 aliphatic rings. The first-order chi connectivity index (χ1) is 11.6. The molecule has 1 heterocycles. The molecule has 1 aromatic heterocycles. The number of carbonyl (C=O) groups is 1. The summed E-state index contributed by atoms with van der Waals surface area (Å²) in [5.41, 5.74) is 1.95. The molecule has 3 aromatic rings. The Labute approximate surface area is 142 Å². The van der Waals surface area contributed by atoms with Crippen LogP contribution in [0.5, 0.6) is 0 Å². The Morgan fingerprint density at radius 2 is 2.00 bits per heavy atom. The molecule has 3 rings (SSSR count). The summed E-state index contributed by atoms with van der Waals surface area (Å²) in [4.78, 5) is 12.4. The van der Waals surface area contributed by atoms with Crippen molar-refractivity contribution in [1.29, 1.82) is 0 Å². The number of halogens is 2. The molecule has 0 amide bonds. The normalized spacial score (nSPS) is 10.6. The maximum absolute atomic E-state index is 13.1. The average molecular weight is 346 g/mol. The molecule has 0 spiro atoms. The summed E-state index contributed by atoms with van der Waals surface area (Å²) in [6.45, 7) is 1.57. The van der Waals surface area contributed by atoms with Crippen molar-refractivity contribution < 1.29 is 18.4 Å². The van der Waals surface area contributed by atoms with Gasteiger partial charge in [-0.15, -0.1) is 0 Å². The summed E-state index contributed by atoms with van der Waals surface area (Å²) in [5.74, 6) is -0.659. The number of carbonyl (C=O) groups excluding carboxylic acids is 1. The summed E-state index contributed by atoms with van der Waals surface area (Å²) in [5, 5.41) is 4.14. The molecule has 0 fully saturated rings. The molecule has 0 aliphatic carbocycles. The van der Waals surface area contributed by atoms with Gasteiger partial charge in [0, 0.05) is 11.1 Å². The van der Waals surface area contributed by atoms with Crippen molar-refractivity contribution in [3.8, 4) is 11.3 Å². The Kier molecular flexibility index (Phi) is 4.62. The highest BCUT2D eigenvalue weighted by molar-refractivity contribution is 6.31. The van der Waals surface area contributed by atoms with Crippen molar-refractivity contribution in [1.82, 2.24) is 5.16 Å². The van der Waals surface area contributed by atoms with Crippen LogP contribution in [0.4, 0.5) is 4.39 Å². The highest BCUT2D eigenvalue weighted by Gasteiger charge is 2.23. The Hall–Kier alpha value is -2.66. The average Bonchev–Trinajstić information content (AvgIpc) is 2.96. The van der Waals surface area contributed by atoms with Crippen LogP contribution in [-0.2, 0) is 11.3 Å². The lowest BCUT2D eigenvalue weighted by Gasteiger charge is -2.07. The first-order valence-corrected chi connectivity index (χ1v) is 7.57. The largest absolute Gasteiger partial charge is 0.457 e. The number of hydrogen-bond acceptors (Lipinski definition) is 4. The van der Waals surface area contributed by atoms with E-state index in [1.165, 1.54) is 18.2 Å². The summed E-state index contributed by atoms with van der Waals surface area (Å²) in [6.07, 6.45) is 0. The van der Waals surface area contributed by atoms with Crippen LogP contribution in [-0.4, -0.2) is 11.1 Å². The van der Waals surface area contributed by atoms with Gasteiger partial charge in [0.25, 0.3) is 0 Å². The van der Waals surface area contributed by atoms with E-state index in [-0.39, 0.29) is 17.2 Å². The zero-order chi connectivity index (χ0) is 17.1. The van der Waals surface area contributed by atoms with E-state index in [1.54, 1.807) is 6.92 Å². The van der Waals surface area contributed by atoms with Crippen molar-refractivity contribution in [3.63, 3.8) is 0 Å². The SMILES string of the molecule is Cc1onc(-c2ccccc2)c1C(=O)OCc1ccc(F)cc1Cl. The molecule has 0 N–H and O–H groups in total. The van der Waals surface area contributed by atoms with Gasteiger partial charge in [-0.05, 0) is 19.1 Å². The number of nitrogens with zero attached hydrogens (tertiary/aromatic N) is 1. The third-order valence-corrected chi connectivity index (χ3v) is 3.84. The van der Waals surface area contributed by atoms with Gasteiger partial charge in [-0.25, -0.2) is 9.18 Å². The van der Waals surface area contributed by atoms with Gasteiger partial charge in [-0.3, -0.25) is 0 Å². The van der Waals surface area contributed by atoms with Crippen molar-refractivity contribution in [2.45, 2.75) is 13.5 Å². The molecular weight excluding hydrogens is 333 g/mol. The summed E-state index contributed by atoms with van der Waals surface area (Å²) in [7, 11) is 0. The van der Waals surface area contributed by atoms with E-state index in [2.05, 4.69) is 5.16 Å². The summed E-state index contributed by atoms with van der Waals surface area (Å²) < 4.78 is 23.5. The predicted octanol–water partition coefficient (Wildman–Crippen LogP) is 4.80. The van der Waals surface area contributed by atoms with Gasteiger partial charge >= 0.3 is 5.97 Å². The first-order valence-electron chi connectivity index (χ1n) is 7.19. The van der Waals surface area contributed by atoms with Crippen LogP contribution in [0.3, 0.4) is 0 Å². The highest BCUT2D eigenvalue weighted by atomic mass is 35.5. The second-order valence-electron chi connectivity index (χ2n) is 5.14. The Morgan fingerprint density at radius 3 is 2.71 bits per heavy atom.